The zero-order chi connectivity index (χ0) is 51.3. The Morgan fingerprint density at radius 3 is 1.11 bits per heavy atom. The van der Waals surface area contributed by atoms with Crippen molar-refractivity contribution >= 4 is 25.5 Å². The lowest BCUT2D eigenvalue weighted by molar-refractivity contribution is -0.161. The lowest BCUT2D eigenvalue weighted by atomic mass is 10.0. The van der Waals surface area contributed by atoms with Crippen LogP contribution in [0, 0.1) is 0 Å². The van der Waals surface area contributed by atoms with Gasteiger partial charge in [0.25, 0.3) is 0 Å². The van der Waals surface area contributed by atoms with E-state index in [0.717, 1.165) is 109 Å². The molecule has 0 saturated heterocycles. The highest BCUT2D eigenvalue weighted by atomic mass is 31.2. The maximum Gasteiger partial charge on any atom is 0.473 e. The predicted molar refractivity (Wildman–Crippen MR) is 294 cm³/mol. The van der Waals surface area contributed by atoms with E-state index in [-0.39, 0.29) is 38.2 Å². The van der Waals surface area contributed by atoms with Gasteiger partial charge in [-0.3, -0.25) is 23.4 Å². The van der Waals surface area contributed by atoms with Crippen molar-refractivity contribution in [1.29, 1.82) is 0 Å². The van der Waals surface area contributed by atoms with Crippen molar-refractivity contribution in [2.75, 3.05) is 19.8 Å². The number of hydrogen-bond donors (Lipinski definition) is 2. The highest BCUT2D eigenvalue weighted by Crippen LogP contribution is 2.45. The van der Waals surface area contributed by atoms with Gasteiger partial charge in [0, 0.05) is 25.8 Å². The van der Waals surface area contributed by atoms with Gasteiger partial charge in [0.2, 0.25) is 0 Å². The average molecular weight is 1010 g/mol. The molecule has 0 aliphatic heterocycles. The van der Waals surface area contributed by atoms with Crippen molar-refractivity contribution in [3.8, 4) is 0 Å². The normalized spacial score (nSPS) is 13.7. The van der Waals surface area contributed by atoms with E-state index in [1.807, 2.05) is 0 Å². The molecule has 0 bridgehead atoms. The summed E-state index contributed by atoms with van der Waals surface area (Å²) in [6, 6.07) is 0. The summed E-state index contributed by atoms with van der Waals surface area (Å²) in [6.07, 6.45) is 56.8. The van der Waals surface area contributed by atoms with Gasteiger partial charge >= 0.3 is 19.8 Å². The fourth-order valence-corrected chi connectivity index (χ4v) is 9.37. The van der Waals surface area contributed by atoms with Crippen molar-refractivity contribution in [2.45, 2.75) is 303 Å². The summed E-state index contributed by atoms with van der Waals surface area (Å²) in [5, 5.41) is 0. The summed E-state index contributed by atoms with van der Waals surface area (Å²) in [4.78, 5) is 49.2. The van der Waals surface area contributed by atoms with Crippen molar-refractivity contribution < 1.29 is 42.4 Å². The van der Waals surface area contributed by atoms with E-state index in [0.29, 0.717) is 19.3 Å². The number of phosphoric ester groups is 1. The molecule has 70 heavy (non-hydrogen) atoms. The molecule has 0 saturated carbocycles. The summed E-state index contributed by atoms with van der Waals surface area (Å²) >= 11 is 0. The molecular formula is C59H110NO9P. The Labute approximate surface area is 430 Å². The maximum absolute atomic E-state index is 13.1. The van der Waals surface area contributed by atoms with Crippen molar-refractivity contribution in [1.82, 2.24) is 0 Å². The van der Waals surface area contributed by atoms with E-state index in [4.69, 9.17) is 24.3 Å². The fraction of sp³-hybridized carbons (Fsp3) is 0.847. The highest BCUT2D eigenvalue weighted by Gasteiger charge is 2.32. The summed E-state index contributed by atoms with van der Waals surface area (Å²) in [7, 11) is -4.79. The molecule has 0 aliphatic carbocycles. The minimum atomic E-state index is -4.79. The van der Waals surface area contributed by atoms with Gasteiger partial charge in [0.15, 0.2) is 11.9 Å². The fourth-order valence-electron chi connectivity index (χ4n) is 8.43. The lowest BCUT2D eigenvalue weighted by Gasteiger charge is -2.22. The Morgan fingerprint density at radius 1 is 0.443 bits per heavy atom. The van der Waals surface area contributed by atoms with Crippen LogP contribution in [0.25, 0.3) is 0 Å². The first-order valence-corrected chi connectivity index (χ1v) is 30.9. The van der Waals surface area contributed by atoms with Gasteiger partial charge < -0.3 is 20.1 Å². The van der Waals surface area contributed by atoms with E-state index in [2.05, 4.69) is 57.2 Å². The third kappa shape index (κ3) is 49.5. The quantitative estimate of drug-likeness (QED) is 0.0261. The van der Waals surface area contributed by atoms with Gasteiger partial charge in [0.05, 0.1) is 6.61 Å². The molecule has 3 atom stereocenters. The van der Waals surface area contributed by atoms with Gasteiger partial charge in [-0.2, -0.15) is 0 Å². The first-order valence-electron chi connectivity index (χ1n) is 29.4. The Bertz CT molecular complexity index is 1320. The number of carbonyl (C=O) groups excluding carboxylic acids is 3. The van der Waals surface area contributed by atoms with Crippen LogP contribution in [0.15, 0.2) is 36.5 Å². The second-order valence-corrected chi connectivity index (χ2v) is 21.3. The molecule has 0 amide bonds. The molecule has 410 valence electrons. The molecule has 2 unspecified atom stereocenters. The number of esters is 2. The van der Waals surface area contributed by atoms with Crippen LogP contribution in [-0.4, -0.2) is 54.6 Å². The molecule has 0 fully saturated rings. The second-order valence-electron chi connectivity index (χ2n) is 19.9. The van der Waals surface area contributed by atoms with Crippen LogP contribution >= 0.6 is 7.82 Å². The minimum Gasteiger partial charge on any atom is -0.462 e. The van der Waals surface area contributed by atoms with Crippen LogP contribution in [-0.2, 0) is 37.5 Å². The number of hydrogen-bond acceptors (Lipinski definition) is 9. The molecular weight excluding hydrogens is 898 g/mol. The first kappa shape index (κ1) is 67.9. The number of Topliss-reactive ketones (excluding diaryl/α,β-unsaturated/α-hetero) is 1. The van der Waals surface area contributed by atoms with Crippen molar-refractivity contribution in [2.24, 2.45) is 5.73 Å². The van der Waals surface area contributed by atoms with Crippen LogP contribution in [0.2, 0.25) is 0 Å². The molecule has 0 aromatic carbocycles. The van der Waals surface area contributed by atoms with Gasteiger partial charge in [-0.05, 0) is 96.3 Å². The Hall–Kier alpha value is -2.10. The number of nitrogens with two attached hydrogens (primary N) is 1. The molecule has 0 aromatic rings. The smallest absolute Gasteiger partial charge is 0.462 e. The third-order valence-corrected chi connectivity index (χ3v) is 14.0. The number of ether oxygens (including phenoxy) is 2. The van der Waals surface area contributed by atoms with Crippen LogP contribution in [0.1, 0.15) is 290 Å². The van der Waals surface area contributed by atoms with Crippen molar-refractivity contribution in [3.63, 3.8) is 0 Å². The molecule has 0 radical (unpaired) electrons. The van der Waals surface area contributed by atoms with E-state index < -0.39 is 38.6 Å². The zero-order valence-electron chi connectivity index (χ0n) is 45.7. The van der Waals surface area contributed by atoms with E-state index in [9.17, 15) is 23.8 Å². The zero-order valence-corrected chi connectivity index (χ0v) is 46.6. The summed E-state index contributed by atoms with van der Waals surface area (Å²) in [5.41, 5.74) is 5.81. The Balaban J connectivity index is 4.77. The number of phosphoric acid groups is 1. The number of carbonyl (C=O) groups is 3. The summed E-state index contributed by atoms with van der Waals surface area (Å²) < 4.78 is 34.7. The lowest BCUT2D eigenvalue weighted by Crippen LogP contribution is -2.33. The van der Waals surface area contributed by atoms with Crippen LogP contribution in [0.4, 0.5) is 0 Å². The SMILES string of the molecule is CCCCCCCC/C=C\CCCCCCCC(=O)OC[C@H](COP(=O)(O)OC(CN)C(=O)CCCCCCC/C=C/CCCCCCCC)OC(=O)CCCCCCC/C=C\CCCCCCCC. The van der Waals surface area contributed by atoms with Crippen LogP contribution in [0.5, 0.6) is 0 Å². The molecule has 0 spiro atoms. The number of unbranched alkanes of at least 4 members (excludes halogenated alkanes) is 33. The van der Waals surface area contributed by atoms with Gasteiger partial charge in [-0.25, -0.2) is 4.57 Å². The largest absolute Gasteiger partial charge is 0.473 e. The van der Waals surface area contributed by atoms with E-state index in [1.165, 1.54) is 122 Å². The van der Waals surface area contributed by atoms with Gasteiger partial charge in [-0.15, -0.1) is 0 Å². The van der Waals surface area contributed by atoms with E-state index in [1.54, 1.807) is 0 Å². The van der Waals surface area contributed by atoms with E-state index >= 15 is 0 Å². The molecule has 0 rings (SSSR count). The molecule has 11 heteroatoms. The Morgan fingerprint density at radius 2 is 0.757 bits per heavy atom. The summed E-state index contributed by atoms with van der Waals surface area (Å²) in [5.74, 6) is -1.28. The van der Waals surface area contributed by atoms with Crippen LogP contribution in [0.3, 0.4) is 0 Å². The molecule has 0 heterocycles. The summed E-state index contributed by atoms with van der Waals surface area (Å²) in [6.45, 7) is 5.59. The third-order valence-electron chi connectivity index (χ3n) is 13.0. The molecule has 10 nitrogen and oxygen atoms in total. The van der Waals surface area contributed by atoms with Crippen LogP contribution < -0.4 is 5.73 Å². The minimum absolute atomic E-state index is 0.172. The Kier molecular flexibility index (Phi) is 51.6. The topological polar surface area (TPSA) is 151 Å². The predicted octanol–water partition coefficient (Wildman–Crippen LogP) is 17.6. The highest BCUT2D eigenvalue weighted by molar-refractivity contribution is 7.47. The number of rotatable bonds is 55. The monoisotopic (exact) mass is 1010 g/mol. The number of allylic oxidation sites excluding steroid dienone is 6. The second kappa shape index (κ2) is 53.2. The molecule has 0 aromatic heterocycles. The van der Waals surface area contributed by atoms with Gasteiger partial charge in [0.1, 0.15) is 12.7 Å². The van der Waals surface area contributed by atoms with Crippen molar-refractivity contribution in [3.05, 3.63) is 36.5 Å². The maximum atomic E-state index is 13.1. The molecule has 0 aliphatic rings. The standard InChI is InChI=1S/C59H110NO9P/c1-4-7-10-13-16-19-22-25-28-31-34-37-40-43-46-49-56(61)57(52-60)69-70(64,65)67-54-55(68-59(63)51-48-45-42-39-36-33-30-27-24-21-18-15-12-9-6-3)53-66-58(62)50-47-44-41-38-35-32-29-26-23-20-17-14-11-8-5-2/h25-30,55,57H,4-24,31-54,60H2,1-3H3,(H,64,65)/b28-25+,29-26-,30-27-/t55-,57?/m1/s1. The first-order chi connectivity index (χ1) is 34.2. The average Bonchev–Trinajstić information content (AvgIpc) is 3.35. The number of ketones is 1. The van der Waals surface area contributed by atoms with Gasteiger partial charge in [-0.1, -0.05) is 211 Å². The molecule has 3 N–H and O–H groups in total.